The molecule has 2 aliphatic rings. The third-order valence-corrected chi connectivity index (χ3v) is 4.97. The molecule has 126 valence electrons. The summed E-state index contributed by atoms with van der Waals surface area (Å²) in [5, 5.41) is 0. The second kappa shape index (κ2) is 5.92. The van der Waals surface area contributed by atoms with E-state index in [0.717, 1.165) is 67.6 Å². The highest BCUT2D eigenvalue weighted by molar-refractivity contribution is 5.97. The monoisotopic (exact) mass is 331 g/mol. The van der Waals surface area contributed by atoms with Crippen LogP contribution in [0, 0.1) is 0 Å². The van der Waals surface area contributed by atoms with E-state index in [1.165, 1.54) is 0 Å². The summed E-state index contributed by atoms with van der Waals surface area (Å²) in [5.74, 6) is 2.06. The van der Waals surface area contributed by atoms with Crippen molar-refractivity contribution in [3.8, 4) is 5.69 Å². The largest absolute Gasteiger partial charge is 0.342 e. The Morgan fingerprint density at radius 1 is 0.800 bits per heavy atom. The molecule has 2 aromatic carbocycles. The van der Waals surface area contributed by atoms with Gasteiger partial charge in [-0.1, -0.05) is 30.3 Å². The van der Waals surface area contributed by atoms with E-state index in [0.29, 0.717) is 0 Å². The lowest BCUT2D eigenvalue weighted by Crippen LogP contribution is -2.53. The maximum atomic E-state index is 4.99. The Morgan fingerprint density at radius 2 is 1.60 bits per heavy atom. The summed E-state index contributed by atoms with van der Waals surface area (Å²) in [6.45, 7) is 4.07. The minimum Gasteiger partial charge on any atom is -0.342 e. The van der Waals surface area contributed by atoms with E-state index < -0.39 is 0 Å². The minimum absolute atomic E-state index is 0.911. The van der Waals surface area contributed by atoms with Gasteiger partial charge in [0.05, 0.1) is 11.0 Å². The van der Waals surface area contributed by atoms with Gasteiger partial charge in [-0.25, -0.2) is 4.98 Å². The van der Waals surface area contributed by atoms with Gasteiger partial charge >= 0.3 is 0 Å². The van der Waals surface area contributed by atoms with Crippen LogP contribution in [0.5, 0.6) is 0 Å². The zero-order valence-corrected chi connectivity index (χ0v) is 14.2. The molecule has 1 saturated heterocycles. The number of aliphatic imine (C=N–C) groups is 1. The maximum absolute atomic E-state index is 4.99. The summed E-state index contributed by atoms with van der Waals surface area (Å²) in [5.41, 5.74) is 3.30. The van der Waals surface area contributed by atoms with Gasteiger partial charge in [-0.3, -0.25) is 14.5 Å². The predicted octanol–water partition coefficient (Wildman–Crippen LogP) is 3.30. The van der Waals surface area contributed by atoms with Gasteiger partial charge in [0.1, 0.15) is 0 Å². The molecule has 5 heteroatoms. The van der Waals surface area contributed by atoms with Crippen molar-refractivity contribution in [3.05, 3.63) is 54.6 Å². The topological polar surface area (TPSA) is 36.7 Å². The molecule has 5 nitrogen and oxygen atoms in total. The first-order valence-corrected chi connectivity index (χ1v) is 9.02. The Kier molecular flexibility index (Phi) is 3.44. The number of para-hydroxylation sites is 3. The molecular formula is C20H21N5. The summed E-state index contributed by atoms with van der Waals surface area (Å²) in [4.78, 5) is 14.5. The van der Waals surface area contributed by atoms with Crippen molar-refractivity contribution in [2.45, 2.75) is 12.8 Å². The van der Waals surface area contributed by atoms with Crippen LogP contribution in [0.1, 0.15) is 12.8 Å². The number of fused-ring (bicyclic) bond motifs is 2. The van der Waals surface area contributed by atoms with E-state index in [9.17, 15) is 0 Å². The van der Waals surface area contributed by atoms with Gasteiger partial charge in [-0.15, -0.1) is 0 Å². The van der Waals surface area contributed by atoms with E-state index >= 15 is 0 Å². The molecule has 0 aliphatic carbocycles. The molecule has 2 aliphatic heterocycles. The summed E-state index contributed by atoms with van der Waals surface area (Å²) in [6, 6.07) is 18.8. The van der Waals surface area contributed by atoms with Crippen LogP contribution in [0.25, 0.3) is 16.7 Å². The third-order valence-electron chi connectivity index (χ3n) is 4.97. The van der Waals surface area contributed by atoms with Crippen LogP contribution in [0.4, 0.5) is 5.95 Å². The average Bonchev–Trinajstić information content (AvgIpc) is 3.07. The lowest BCUT2D eigenvalue weighted by atomic mass is 10.2. The van der Waals surface area contributed by atoms with Crippen LogP contribution in [-0.2, 0) is 0 Å². The number of imidazole rings is 1. The fourth-order valence-corrected chi connectivity index (χ4v) is 3.84. The van der Waals surface area contributed by atoms with Crippen molar-refractivity contribution in [1.29, 1.82) is 0 Å². The lowest BCUT2D eigenvalue weighted by molar-refractivity contribution is 0.359. The Labute approximate surface area is 147 Å². The fraction of sp³-hybridized carbons (Fsp3) is 0.300. The fourth-order valence-electron chi connectivity index (χ4n) is 3.84. The highest BCUT2D eigenvalue weighted by Gasteiger charge is 2.30. The molecule has 0 unspecified atom stereocenters. The number of aromatic nitrogens is 2. The first kappa shape index (κ1) is 14.5. The summed E-state index contributed by atoms with van der Waals surface area (Å²) in [7, 11) is 0. The molecule has 1 fully saturated rings. The average molecular weight is 331 g/mol. The Morgan fingerprint density at radius 3 is 2.52 bits per heavy atom. The van der Waals surface area contributed by atoms with E-state index in [1.807, 2.05) is 0 Å². The van der Waals surface area contributed by atoms with Crippen LogP contribution in [-0.4, -0.2) is 46.6 Å². The molecule has 0 radical (unpaired) electrons. The molecule has 0 saturated carbocycles. The normalized spacial score (nSPS) is 17.5. The van der Waals surface area contributed by atoms with Gasteiger partial charge in [0, 0.05) is 31.9 Å². The van der Waals surface area contributed by atoms with Gasteiger partial charge in [-0.05, 0) is 37.1 Å². The Hall–Kier alpha value is -2.82. The number of nitrogens with zero attached hydrogens (tertiary/aromatic N) is 5. The predicted molar refractivity (Wildman–Crippen MR) is 102 cm³/mol. The molecule has 25 heavy (non-hydrogen) atoms. The zero-order valence-electron chi connectivity index (χ0n) is 14.2. The number of benzene rings is 2. The quantitative estimate of drug-likeness (QED) is 0.723. The minimum atomic E-state index is 0.911. The van der Waals surface area contributed by atoms with Gasteiger partial charge in [-0.2, -0.15) is 0 Å². The maximum Gasteiger partial charge on any atom is 0.218 e. The van der Waals surface area contributed by atoms with Crippen LogP contribution >= 0.6 is 0 Å². The second-order valence-corrected chi connectivity index (χ2v) is 6.60. The number of anilines is 1. The van der Waals surface area contributed by atoms with Gasteiger partial charge in [0.25, 0.3) is 0 Å². The van der Waals surface area contributed by atoms with Crippen molar-refractivity contribution in [2.24, 2.45) is 4.99 Å². The van der Waals surface area contributed by atoms with E-state index in [-0.39, 0.29) is 0 Å². The van der Waals surface area contributed by atoms with E-state index in [2.05, 4.69) is 69.0 Å². The van der Waals surface area contributed by atoms with Crippen LogP contribution < -0.4 is 4.90 Å². The summed E-state index contributed by atoms with van der Waals surface area (Å²) < 4.78 is 2.26. The lowest BCUT2D eigenvalue weighted by Gasteiger charge is -2.40. The number of hydrogen-bond donors (Lipinski definition) is 0. The number of hydrogen-bond acceptors (Lipinski definition) is 4. The first-order valence-electron chi connectivity index (χ1n) is 9.02. The smallest absolute Gasteiger partial charge is 0.218 e. The van der Waals surface area contributed by atoms with Crippen molar-refractivity contribution in [2.75, 3.05) is 31.1 Å². The Bertz CT molecular complexity index is 928. The third kappa shape index (κ3) is 2.38. The summed E-state index contributed by atoms with van der Waals surface area (Å²) >= 11 is 0. The molecule has 3 heterocycles. The second-order valence-electron chi connectivity index (χ2n) is 6.60. The molecule has 3 aromatic rings. The summed E-state index contributed by atoms with van der Waals surface area (Å²) in [6.07, 6.45) is 2.28. The Balaban J connectivity index is 1.72. The van der Waals surface area contributed by atoms with E-state index in [1.54, 1.807) is 0 Å². The van der Waals surface area contributed by atoms with Crippen LogP contribution in [0.2, 0.25) is 0 Å². The van der Waals surface area contributed by atoms with Gasteiger partial charge in [0.2, 0.25) is 11.9 Å². The SMILES string of the molecule is c1ccc(-n2c(N3CCCN4CCCN=C43)nc3ccccc32)cc1. The standard InChI is InChI=1S/C20H21N5/c1-2-8-16(9-3-1)25-18-11-5-4-10-17(18)22-20(25)24-15-7-14-23-13-6-12-21-19(23)24/h1-5,8-11H,6-7,12-15H2. The molecular weight excluding hydrogens is 310 g/mol. The molecule has 1 aromatic heterocycles. The van der Waals surface area contributed by atoms with E-state index in [4.69, 9.17) is 9.98 Å². The first-order chi connectivity index (χ1) is 12.4. The molecule has 0 spiro atoms. The van der Waals surface area contributed by atoms with Crippen LogP contribution in [0.3, 0.4) is 0 Å². The molecule has 0 N–H and O–H groups in total. The molecule has 0 atom stereocenters. The number of rotatable bonds is 2. The highest BCUT2D eigenvalue weighted by atomic mass is 15.5. The molecule has 0 amide bonds. The molecule has 0 bridgehead atoms. The van der Waals surface area contributed by atoms with Crippen LogP contribution in [0.15, 0.2) is 59.6 Å². The van der Waals surface area contributed by atoms with Crippen molar-refractivity contribution in [3.63, 3.8) is 0 Å². The van der Waals surface area contributed by atoms with Crippen molar-refractivity contribution < 1.29 is 0 Å². The van der Waals surface area contributed by atoms with Crippen molar-refractivity contribution in [1.82, 2.24) is 14.5 Å². The van der Waals surface area contributed by atoms with Crippen molar-refractivity contribution >= 4 is 22.9 Å². The zero-order chi connectivity index (χ0) is 16.6. The highest BCUT2D eigenvalue weighted by Crippen LogP contribution is 2.29. The molecule has 5 rings (SSSR count). The van der Waals surface area contributed by atoms with Gasteiger partial charge < -0.3 is 4.90 Å². The van der Waals surface area contributed by atoms with Gasteiger partial charge in [0.15, 0.2) is 0 Å². The number of guanidine groups is 1.